The van der Waals surface area contributed by atoms with Gasteiger partial charge in [0.1, 0.15) is 17.4 Å². The average molecular weight is 640 g/mol. The number of ether oxygens (including phenoxy) is 2. The lowest BCUT2D eigenvalue weighted by Crippen LogP contribution is -2.46. The van der Waals surface area contributed by atoms with Crippen molar-refractivity contribution in [1.29, 1.82) is 0 Å². The smallest absolute Gasteiger partial charge is 0.434 e. The molecule has 242 valence electrons. The molecule has 0 spiro atoms. The number of aromatic nitrogens is 2. The second-order valence-electron chi connectivity index (χ2n) is 11.7. The van der Waals surface area contributed by atoms with Crippen molar-refractivity contribution in [2.45, 2.75) is 57.9 Å². The molecule has 1 aliphatic rings. The van der Waals surface area contributed by atoms with E-state index < -0.39 is 35.6 Å². The molecule has 2 heterocycles. The zero-order valence-corrected chi connectivity index (χ0v) is 25.3. The number of carbonyl (C=O) groups is 2. The average Bonchev–Trinajstić information content (AvgIpc) is 3.65. The van der Waals surface area contributed by atoms with Crippen LogP contribution in [-0.2, 0) is 17.3 Å². The standard InChI is InChI=1S/C32H32F3N5O6/c1-31(2,3)45-30(43)38-28(37-29(41)42)40-15-4-5-25(40)27-36-26(39-46-27)22-9-8-21-18-24(13-10-20(21)17-22)44-16-14-19-6-11-23(12-7-19)32(33,34)35/h6-13,17-18,25H,4-5,14-16H2,1-3H3,(H,41,42)(H,37,38,43)/t25-/m0/s1. The van der Waals surface area contributed by atoms with Crippen molar-refractivity contribution in [2.24, 2.45) is 4.99 Å². The van der Waals surface area contributed by atoms with Gasteiger partial charge in [-0.1, -0.05) is 35.5 Å². The molecule has 0 unspecified atom stereocenters. The number of guanidine groups is 1. The quantitative estimate of drug-likeness (QED) is 0.165. The van der Waals surface area contributed by atoms with Crippen LogP contribution in [0, 0.1) is 0 Å². The third kappa shape index (κ3) is 8.11. The van der Waals surface area contributed by atoms with Gasteiger partial charge in [-0.15, -0.1) is 4.99 Å². The highest BCUT2D eigenvalue weighted by atomic mass is 19.4. The summed E-state index contributed by atoms with van der Waals surface area (Å²) >= 11 is 0. The first kappa shape index (κ1) is 32.3. The first-order chi connectivity index (χ1) is 21.7. The topological polar surface area (TPSA) is 139 Å². The van der Waals surface area contributed by atoms with E-state index in [1.807, 2.05) is 30.3 Å². The molecule has 1 aliphatic heterocycles. The van der Waals surface area contributed by atoms with Crippen LogP contribution in [0.2, 0.25) is 0 Å². The van der Waals surface area contributed by atoms with Gasteiger partial charge in [0.15, 0.2) is 0 Å². The lowest BCUT2D eigenvalue weighted by Gasteiger charge is -2.26. The summed E-state index contributed by atoms with van der Waals surface area (Å²) in [7, 11) is 0. The van der Waals surface area contributed by atoms with Crippen LogP contribution >= 0.6 is 0 Å². The van der Waals surface area contributed by atoms with Crippen LogP contribution in [0.15, 0.2) is 70.2 Å². The third-order valence-electron chi connectivity index (χ3n) is 7.08. The fourth-order valence-corrected chi connectivity index (χ4v) is 5.01. The number of likely N-dealkylation sites (tertiary alicyclic amines) is 1. The van der Waals surface area contributed by atoms with Crippen LogP contribution in [0.1, 0.15) is 56.7 Å². The highest BCUT2D eigenvalue weighted by Crippen LogP contribution is 2.33. The van der Waals surface area contributed by atoms with Crippen LogP contribution < -0.4 is 10.1 Å². The SMILES string of the molecule is CC(C)(C)OC(=O)N/C(=N/C(=O)O)N1CCC[C@H]1c1nc(-c2ccc3cc(OCCc4ccc(C(F)(F)F)cc4)ccc3c2)no1. The number of fused-ring (bicyclic) bond motifs is 1. The molecule has 14 heteroatoms. The molecular formula is C32H32F3N5O6. The summed E-state index contributed by atoms with van der Waals surface area (Å²) in [6.07, 6.45) is -5.00. The number of halogens is 3. The molecule has 0 bridgehead atoms. The Kier molecular flexibility index (Phi) is 9.17. The zero-order valence-electron chi connectivity index (χ0n) is 25.3. The Morgan fingerprint density at radius 1 is 1.07 bits per heavy atom. The number of nitrogens with one attached hydrogen (secondary N) is 1. The Hall–Kier alpha value is -5.14. The summed E-state index contributed by atoms with van der Waals surface area (Å²) in [5.74, 6) is 1.01. The van der Waals surface area contributed by atoms with Crippen molar-refractivity contribution in [2.75, 3.05) is 13.2 Å². The van der Waals surface area contributed by atoms with Gasteiger partial charge in [0.05, 0.1) is 12.2 Å². The second kappa shape index (κ2) is 13.1. The van der Waals surface area contributed by atoms with E-state index in [2.05, 4.69) is 20.4 Å². The van der Waals surface area contributed by atoms with Gasteiger partial charge in [0.25, 0.3) is 0 Å². The number of nitrogens with zero attached hydrogens (tertiary/aromatic N) is 4. The minimum atomic E-state index is -4.37. The summed E-state index contributed by atoms with van der Waals surface area (Å²) < 4.78 is 55.0. The van der Waals surface area contributed by atoms with Crippen molar-refractivity contribution in [1.82, 2.24) is 20.4 Å². The van der Waals surface area contributed by atoms with Crippen molar-refractivity contribution in [3.63, 3.8) is 0 Å². The van der Waals surface area contributed by atoms with E-state index in [1.54, 1.807) is 31.7 Å². The third-order valence-corrected chi connectivity index (χ3v) is 7.08. The summed E-state index contributed by atoms with van der Waals surface area (Å²) in [6, 6.07) is 15.7. The highest BCUT2D eigenvalue weighted by Gasteiger charge is 2.35. The van der Waals surface area contributed by atoms with Gasteiger partial charge in [-0.2, -0.15) is 18.2 Å². The Bertz CT molecular complexity index is 1750. The van der Waals surface area contributed by atoms with Gasteiger partial charge < -0.3 is 24.0 Å². The predicted molar refractivity (Wildman–Crippen MR) is 161 cm³/mol. The van der Waals surface area contributed by atoms with Gasteiger partial charge in [-0.05, 0) is 80.3 Å². The molecule has 0 saturated carbocycles. The molecule has 2 N–H and O–H groups in total. The number of hydrogen-bond donors (Lipinski definition) is 2. The normalized spacial score (nSPS) is 15.7. The van der Waals surface area contributed by atoms with Crippen molar-refractivity contribution < 1.29 is 41.9 Å². The number of rotatable bonds is 6. The molecule has 5 rings (SSSR count). The van der Waals surface area contributed by atoms with Gasteiger partial charge >= 0.3 is 18.4 Å². The first-order valence-corrected chi connectivity index (χ1v) is 14.5. The Labute approximate surface area is 262 Å². The molecule has 1 saturated heterocycles. The number of hydrogen-bond acceptors (Lipinski definition) is 7. The number of aliphatic imine (C=N–C) groups is 1. The molecule has 0 aliphatic carbocycles. The van der Waals surface area contributed by atoms with Crippen LogP contribution in [0.3, 0.4) is 0 Å². The predicted octanol–water partition coefficient (Wildman–Crippen LogP) is 7.23. The molecule has 1 atom stereocenters. The maximum absolute atomic E-state index is 12.8. The Morgan fingerprint density at radius 3 is 2.48 bits per heavy atom. The molecule has 11 nitrogen and oxygen atoms in total. The zero-order chi connectivity index (χ0) is 33.1. The summed E-state index contributed by atoms with van der Waals surface area (Å²) in [6.45, 7) is 5.76. The monoisotopic (exact) mass is 639 g/mol. The van der Waals surface area contributed by atoms with E-state index in [9.17, 15) is 27.9 Å². The molecule has 1 fully saturated rings. The highest BCUT2D eigenvalue weighted by molar-refractivity contribution is 5.98. The van der Waals surface area contributed by atoms with E-state index >= 15 is 0 Å². The fraction of sp³-hybridized carbons (Fsp3) is 0.344. The Morgan fingerprint density at radius 2 is 1.78 bits per heavy atom. The van der Waals surface area contributed by atoms with Crippen molar-refractivity contribution in [3.8, 4) is 17.1 Å². The maximum atomic E-state index is 12.8. The van der Waals surface area contributed by atoms with Gasteiger partial charge in [0.2, 0.25) is 17.7 Å². The number of amides is 2. The maximum Gasteiger partial charge on any atom is 0.434 e. The van der Waals surface area contributed by atoms with E-state index in [1.165, 1.54) is 12.1 Å². The van der Waals surface area contributed by atoms with E-state index in [-0.39, 0.29) is 11.9 Å². The molecule has 1 aromatic heterocycles. The number of alkyl carbamates (subject to hydrolysis) is 1. The lowest BCUT2D eigenvalue weighted by molar-refractivity contribution is -0.137. The molecule has 2 amide bonds. The minimum absolute atomic E-state index is 0.188. The molecule has 3 aromatic carbocycles. The number of carboxylic acid groups (broad SMARTS) is 1. The van der Waals surface area contributed by atoms with E-state index in [4.69, 9.17) is 14.0 Å². The van der Waals surface area contributed by atoms with Gasteiger partial charge in [0, 0.05) is 18.5 Å². The van der Waals surface area contributed by atoms with Crippen molar-refractivity contribution >= 4 is 28.9 Å². The number of carbonyl (C=O) groups excluding carboxylic acids is 1. The van der Waals surface area contributed by atoms with Gasteiger partial charge in [-0.25, -0.2) is 9.59 Å². The number of benzene rings is 3. The van der Waals surface area contributed by atoms with E-state index in [0.29, 0.717) is 49.6 Å². The van der Waals surface area contributed by atoms with Crippen LogP contribution in [0.4, 0.5) is 22.8 Å². The summed E-state index contributed by atoms with van der Waals surface area (Å²) in [4.78, 5) is 33.6. The Balaban J connectivity index is 1.25. The lowest BCUT2D eigenvalue weighted by atomic mass is 10.1. The first-order valence-electron chi connectivity index (χ1n) is 14.5. The largest absolute Gasteiger partial charge is 0.493 e. The van der Waals surface area contributed by atoms with Crippen LogP contribution in [0.25, 0.3) is 22.2 Å². The van der Waals surface area contributed by atoms with Crippen LogP contribution in [-0.4, -0.2) is 57.0 Å². The minimum Gasteiger partial charge on any atom is -0.493 e. The van der Waals surface area contributed by atoms with Gasteiger partial charge in [-0.3, -0.25) is 5.32 Å². The molecule has 4 aromatic rings. The molecule has 0 radical (unpaired) electrons. The van der Waals surface area contributed by atoms with Crippen molar-refractivity contribution in [3.05, 3.63) is 77.7 Å². The molecular weight excluding hydrogens is 607 g/mol. The fourth-order valence-electron chi connectivity index (χ4n) is 5.01. The second-order valence-corrected chi connectivity index (χ2v) is 11.7. The summed E-state index contributed by atoms with van der Waals surface area (Å²) in [5, 5.41) is 17.7. The molecule has 46 heavy (non-hydrogen) atoms. The number of alkyl halides is 3. The van der Waals surface area contributed by atoms with Crippen LogP contribution in [0.5, 0.6) is 5.75 Å². The van der Waals surface area contributed by atoms with E-state index in [0.717, 1.165) is 28.5 Å². The summed E-state index contributed by atoms with van der Waals surface area (Å²) in [5.41, 5.74) is -0.0509.